The van der Waals surface area contributed by atoms with Gasteiger partial charge in [-0.15, -0.1) is 0 Å². The van der Waals surface area contributed by atoms with E-state index in [0.29, 0.717) is 15.6 Å². The monoisotopic (exact) mass is 301 g/mol. The first kappa shape index (κ1) is 16.3. The zero-order valence-electron chi connectivity index (χ0n) is 11.9. The van der Waals surface area contributed by atoms with Gasteiger partial charge in [0.05, 0.1) is 0 Å². The minimum absolute atomic E-state index is 0.00639. The maximum absolute atomic E-state index is 12.7. The fourth-order valence-corrected chi connectivity index (χ4v) is 2.58. The van der Waals surface area contributed by atoms with E-state index >= 15 is 0 Å². The lowest BCUT2D eigenvalue weighted by Crippen LogP contribution is -2.44. The van der Waals surface area contributed by atoms with Crippen LogP contribution in [0.3, 0.4) is 0 Å². The molecular weight excluding hydrogens is 281 g/mol. The summed E-state index contributed by atoms with van der Waals surface area (Å²) in [5.74, 6) is -0.00639. The van der Waals surface area contributed by atoms with Crippen LogP contribution in [0, 0.1) is 0 Å². The number of hydrogen-bond donors (Lipinski definition) is 0. The Morgan fingerprint density at radius 1 is 1.05 bits per heavy atom. The quantitative estimate of drug-likeness (QED) is 0.746. The second-order valence-electron chi connectivity index (χ2n) is 4.89. The molecule has 0 radical (unpaired) electrons. The molecular formula is C15H21Cl2NO. The van der Waals surface area contributed by atoms with Crippen molar-refractivity contribution in [2.75, 3.05) is 0 Å². The van der Waals surface area contributed by atoms with Crippen molar-refractivity contribution in [1.82, 2.24) is 4.90 Å². The highest BCUT2D eigenvalue weighted by molar-refractivity contribution is 6.35. The highest BCUT2D eigenvalue weighted by atomic mass is 35.5. The van der Waals surface area contributed by atoms with E-state index in [4.69, 9.17) is 23.2 Å². The SMILES string of the molecule is CCC(C)N(C(=O)c1cc(Cl)cc(Cl)c1)C(C)CC. The molecule has 2 nitrogen and oxygen atoms in total. The van der Waals surface area contributed by atoms with E-state index in [0.717, 1.165) is 12.8 Å². The van der Waals surface area contributed by atoms with Crippen molar-refractivity contribution in [3.8, 4) is 0 Å². The van der Waals surface area contributed by atoms with Crippen LogP contribution in [0.2, 0.25) is 10.0 Å². The summed E-state index contributed by atoms with van der Waals surface area (Å²) in [4.78, 5) is 14.6. The van der Waals surface area contributed by atoms with Gasteiger partial charge >= 0.3 is 0 Å². The van der Waals surface area contributed by atoms with Gasteiger partial charge in [-0.1, -0.05) is 37.0 Å². The van der Waals surface area contributed by atoms with Crippen LogP contribution in [0.5, 0.6) is 0 Å². The van der Waals surface area contributed by atoms with Crippen molar-refractivity contribution in [3.05, 3.63) is 33.8 Å². The first-order valence-electron chi connectivity index (χ1n) is 6.69. The van der Waals surface area contributed by atoms with E-state index in [-0.39, 0.29) is 18.0 Å². The van der Waals surface area contributed by atoms with Gasteiger partial charge < -0.3 is 4.90 Å². The fraction of sp³-hybridized carbons (Fsp3) is 0.533. The minimum Gasteiger partial charge on any atom is -0.333 e. The number of nitrogens with zero attached hydrogens (tertiary/aromatic N) is 1. The smallest absolute Gasteiger partial charge is 0.254 e. The Hall–Kier alpha value is -0.730. The van der Waals surface area contributed by atoms with Crippen molar-refractivity contribution in [1.29, 1.82) is 0 Å². The van der Waals surface area contributed by atoms with Gasteiger partial charge in [0, 0.05) is 27.7 Å². The van der Waals surface area contributed by atoms with Gasteiger partial charge in [-0.2, -0.15) is 0 Å². The fourth-order valence-electron chi connectivity index (χ4n) is 2.05. The predicted molar refractivity (Wildman–Crippen MR) is 82.1 cm³/mol. The van der Waals surface area contributed by atoms with Crippen LogP contribution < -0.4 is 0 Å². The molecule has 0 aromatic heterocycles. The first-order valence-corrected chi connectivity index (χ1v) is 7.45. The van der Waals surface area contributed by atoms with Crippen LogP contribution in [0.15, 0.2) is 18.2 Å². The average Bonchev–Trinajstić information content (AvgIpc) is 2.37. The Labute approximate surface area is 125 Å². The van der Waals surface area contributed by atoms with Gasteiger partial charge in [0.15, 0.2) is 0 Å². The molecule has 106 valence electrons. The Bertz CT molecular complexity index is 418. The van der Waals surface area contributed by atoms with E-state index in [1.54, 1.807) is 18.2 Å². The molecule has 19 heavy (non-hydrogen) atoms. The largest absolute Gasteiger partial charge is 0.333 e. The molecule has 1 amide bonds. The number of carbonyl (C=O) groups is 1. The van der Waals surface area contributed by atoms with Gasteiger partial charge in [-0.3, -0.25) is 4.79 Å². The molecule has 1 rings (SSSR count). The molecule has 0 heterocycles. The number of carbonyl (C=O) groups excluding carboxylic acids is 1. The first-order chi connectivity index (χ1) is 8.90. The lowest BCUT2D eigenvalue weighted by molar-refractivity contribution is 0.0598. The minimum atomic E-state index is -0.00639. The average molecular weight is 302 g/mol. The number of rotatable bonds is 5. The number of hydrogen-bond acceptors (Lipinski definition) is 1. The summed E-state index contributed by atoms with van der Waals surface area (Å²) in [5.41, 5.74) is 0.554. The lowest BCUT2D eigenvalue weighted by Gasteiger charge is -2.34. The second-order valence-corrected chi connectivity index (χ2v) is 5.76. The van der Waals surface area contributed by atoms with Gasteiger partial charge in [-0.25, -0.2) is 0 Å². The van der Waals surface area contributed by atoms with E-state index in [2.05, 4.69) is 27.7 Å². The van der Waals surface area contributed by atoms with Crippen molar-refractivity contribution in [2.45, 2.75) is 52.6 Å². The van der Waals surface area contributed by atoms with Crippen LogP contribution in [-0.4, -0.2) is 22.9 Å². The van der Waals surface area contributed by atoms with Gasteiger partial charge in [0.1, 0.15) is 0 Å². The summed E-state index contributed by atoms with van der Waals surface area (Å²) in [7, 11) is 0. The number of benzene rings is 1. The molecule has 0 N–H and O–H groups in total. The van der Waals surface area contributed by atoms with Crippen molar-refractivity contribution in [2.24, 2.45) is 0 Å². The molecule has 0 saturated carbocycles. The van der Waals surface area contributed by atoms with Crippen LogP contribution >= 0.6 is 23.2 Å². The standard InChI is InChI=1S/C15H21Cl2NO/c1-5-10(3)18(11(4)6-2)15(19)12-7-13(16)9-14(17)8-12/h7-11H,5-6H2,1-4H3. The van der Waals surface area contributed by atoms with E-state index < -0.39 is 0 Å². The Morgan fingerprint density at radius 3 is 1.84 bits per heavy atom. The van der Waals surface area contributed by atoms with Crippen LogP contribution in [0.1, 0.15) is 50.9 Å². The van der Waals surface area contributed by atoms with Gasteiger partial charge in [0.2, 0.25) is 0 Å². The van der Waals surface area contributed by atoms with Gasteiger partial charge in [-0.05, 0) is 44.9 Å². The van der Waals surface area contributed by atoms with E-state index in [1.807, 2.05) is 4.90 Å². The Balaban J connectivity index is 3.11. The molecule has 0 bridgehead atoms. The maximum atomic E-state index is 12.7. The highest BCUT2D eigenvalue weighted by Gasteiger charge is 2.25. The molecule has 1 aromatic carbocycles. The molecule has 1 aromatic rings. The summed E-state index contributed by atoms with van der Waals surface area (Å²) in [6.45, 7) is 8.29. The summed E-state index contributed by atoms with van der Waals surface area (Å²) in [5, 5.41) is 0.980. The Kier molecular flexibility index (Phi) is 6.15. The second kappa shape index (κ2) is 7.16. The van der Waals surface area contributed by atoms with Crippen LogP contribution in [0.25, 0.3) is 0 Å². The van der Waals surface area contributed by atoms with Gasteiger partial charge in [0.25, 0.3) is 5.91 Å². The molecule has 0 aliphatic carbocycles. The lowest BCUT2D eigenvalue weighted by atomic mass is 10.1. The third-order valence-corrected chi connectivity index (χ3v) is 3.91. The van der Waals surface area contributed by atoms with Crippen molar-refractivity contribution >= 4 is 29.1 Å². The molecule has 4 heteroatoms. The summed E-state index contributed by atoms with van der Waals surface area (Å²) in [6, 6.07) is 5.37. The van der Waals surface area contributed by atoms with E-state index in [1.165, 1.54) is 0 Å². The predicted octanol–water partition coefficient (Wildman–Crippen LogP) is 5.03. The summed E-state index contributed by atoms with van der Waals surface area (Å²) in [6.07, 6.45) is 1.84. The number of amides is 1. The molecule has 0 aliphatic rings. The molecule has 0 fully saturated rings. The zero-order valence-corrected chi connectivity index (χ0v) is 13.4. The highest BCUT2D eigenvalue weighted by Crippen LogP contribution is 2.22. The molecule has 2 atom stereocenters. The van der Waals surface area contributed by atoms with Crippen molar-refractivity contribution in [3.63, 3.8) is 0 Å². The normalized spacial score (nSPS) is 14.0. The maximum Gasteiger partial charge on any atom is 0.254 e. The topological polar surface area (TPSA) is 20.3 Å². The molecule has 2 unspecified atom stereocenters. The Morgan fingerprint density at radius 2 is 1.47 bits per heavy atom. The zero-order chi connectivity index (χ0) is 14.6. The third kappa shape index (κ3) is 4.12. The van der Waals surface area contributed by atoms with Crippen LogP contribution in [-0.2, 0) is 0 Å². The molecule has 0 spiro atoms. The summed E-state index contributed by atoms with van der Waals surface area (Å²) < 4.78 is 0. The third-order valence-electron chi connectivity index (χ3n) is 3.48. The molecule has 0 aliphatic heterocycles. The van der Waals surface area contributed by atoms with E-state index in [9.17, 15) is 4.79 Å². The summed E-state index contributed by atoms with van der Waals surface area (Å²) >= 11 is 11.9. The van der Waals surface area contributed by atoms with Crippen molar-refractivity contribution < 1.29 is 4.79 Å². The van der Waals surface area contributed by atoms with Crippen LogP contribution in [0.4, 0.5) is 0 Å². The number of halogens is 2. The molecule has 0 saturated heterocycles.